The van der Waals surface area contributed by atoms with Crippen molar-refractivity contribution in [2.24, 2.45) is 0 Å². The van der Waals surface area contributed by atoms with Crippen LogP contribution in [0.1, 0.15) is 17.3 Å². The molecule has 0 radical (unpaired) electrons. The molecule has 0 saturated carbocycles. The van der Waals surface area contributed by atoms with E-state index in [2.05, 4.69) is 5.32 Å². The van der Waals surface area contributed by atoms with Crippen molar-refractivity contribution in [3.63, 3.8) is 0 Å². The van der Waals surface area contributed by atoms with E-state index in [4.69, 9.17) is 4.74 Å². The highest BCUT2D eigenvalue weighted by atomic mass is 35.5. The van der Waals surface area contributed by atoms with Crippen molar-refractivity contribution in [3.05, 3.63) is 60.2 Å². The Balaban J connectivity index is 0.00000220. The first-order chi connectivity index (χ1) is 9.70. The largest absolute Gasteiger partial charge is 0.383 e. The average Bonchev–Trinajstić information content (AvgIpc) is 2.48. The Morgan fingerprint density at radius 3 is 2.43 bits per heavy atom. The zero-order valence-corrected chi connectivity index (χ0v) is 13.0. The van der Waals surface area contributed by atoms with Crippen LogP contribution in [0.25, 0.3) is 11.1 Å². The first-order valence-corrected chi connectivity index (χ1v) is 6.66. The molecule has 1 atom stereocenters. The van der Waals surface area contributed by atoms with Crippen LogP contribution in [0, 0.1) is 0 Å². The van der Waals surface area contributed by atoms with Crippen molar-refractivity contribution in [1.29, 1.82) is 0 Å². The average molecular weight is 306 g/mol. The van der Waals surface area contributed by atoms with Gasteiger partial charge in [0.05, 0.1) is 6.61 Å². The van der Waals surface area contributed by atoms with Crippen LogP contribution in [-0.2, 0) is 4.74 Å². The SMILES string of the molecule is COCC(C)NC(=O)c1cccc(-c2ccccc2)c1.Cl. The monoisotopic (exact) mass is 305 g/mol. The molecule has 2 aromatic carbocycles. The lowest BCUT2D eigenvalue weighted by Crippen LogP contribution is -2.35. The molecule has 0 heterocycles. The Morgan fingerprint density at radius 1 is 1.10 bits per heavy atom. The summed E-state index contributed by atoms with van der Waals surface area (Å²) < 4.78 is 5.02. The Bertz CT molecular complexity index is 572. The molecule has 0 aliphatic carbocycles. The lowest BCUT2D eigenvalue weighted by Gasteiger charge is -2.13. The van der Waals surface area contributed by atoms with Gasteiger partial charge in [-0.05, 0) is 30.2 Å². The number of halogens is 1. The van der Waals surface area contributed by atoms with E-state index in [0.29, 0.717) is 12.2 Å². The molecule has 0 bridgehead atoms. The standard InChI is InChI=1S/C17H19NO2.ClH/c1-13(12-20-2)18-17(19)16-10-6-9-15(11-16)14-7-4-3-5-8-14;/h3-11,13H,12H2,1-2H3,(H,18,19);1H. The topological polar surface area (TPSA) is 38.3 Å². The van der Waals surface area contributed by atoms with Crippen molar-refractivity contribution in [2.45, 2.75) is 13.0 Å². The minimum atomic E-state index is -0.0765. The molecule has 1 unspecified atom stereocenters. The van der Waals surface area contributed by atoms with Crippen LogP contribution in [0.3, 0.4) is 0 Å². The summed E-state index contributed by atoms with van der Waals surface area (Å²) >= 11 is 0. The normalized spacial score (nSPS) is 11.3. The summed E-state index contributed by atoms with van der Waals surface area (Å²) in [6.07, 6.45) is 0. The number of carbonyl (C=O) groups excluding carboxylic acids is 1. The van der Waals surface area contributed by atoms with Crippen LogP contribution in [-0.4, -0.2) is 25.7 Å². The van der Waals surface area contributed by atoms with Crippen LogP contribution in [0.2, 0.25) is 0 Å². The number of carbonyl (C=O) groups is 1. The van der Waals surface area contributed by atoms with Crippen molar-refractivity contribution >= 4 is 18.3 Å². The van der Waals surface area contributed by atoms with Gasteiger partial charge in [0, 0.05) is 18.7 Å². The second-order valence-corrected chi connectivity index (χ2v) is 4.78. The zero-order chi connectivity index (χ0) is 14.4. The van der Waals surface area contributed by atoms with E-state index in [1.165, 1.54) is 0 Å². The Labute approximate surface area is 131 Å². The molecule has 0 spiro atoms. The fraction of sp³-hybridized carbons (Fsp3) is 0.235. The molecule has 2 aromatic rings. The summed E-state index contributed by atoms with van der Waals surface area (Å²) in [5, 5.41) is 2.91. The lowest BCUT2D eigenvalue weighted by atomic mass is 10.0. The van der Waals surface area contributed by atoms with Gasteiger partial charge < -0.3 is 10.1 Å². The number of benzene rings is 2. The fourth-order valence-corrected chi connectivity index (χ4v) is 2.07. The molecular weight excluding hydrogens is 286 g/mol. The van der Waals surface area contributed by atoms with Crippen LogP contribution >= 0.6 is 12.4 Å². The fourth-order valence-electron chi connectivity index (χ4n) is 2.07. The summed E-state index contributed by atoms with van der Waals surface area (Å²) in [5.74, 6) is -0.0765. The van der Waals surface area contributed by atoms with Gasteiger partial charge in [-0.2, -0.15) is 0 Å². The summed E-state index contributed by atoms with van der Waals surface area (Å²) in [6.45, 7) is 2.42. The molecule has 0 aliphatic heterocycles. The van der Waals surface area contributed by atoms with Crippen molar-refractivity contribution in [3.8, 4) is 11.1 Å². The number of nitrogens with one attached hydrogen (secondary N) is 1. The van der Waals surface area contributed by atoms with Crippen LogP contribution in [0.15, 0.2) is 54.6 Å². The molecule has 0 fully saturated rings. The van der Waals surface area contributed by atoms with Crippen molar-refractivity contribution in [2.75, 3.05) is 13.7 Å². The Morgan fingerprint density at radius 2 is 1.76 bits per heavy atom. The quantitative estimate of drug-likeness (QED) is 0.917. The predicted molar refractivity (Wildman–Crippen MR) is 87.9 cm³/mol. The number of rotatable bonds is 5. The Hall–Kier alpha value is -1.84. The van der Waals surface area contributed by atoms with Crippen molar-refractivity contribution in [1.82, 2.24) is 5.32 Å². The number of amides is 1. The van der Waals surface area contributed by atoms with Gasteiger partial charge in [-0.1, -0.05) is 42.5 Å². The number of hydrogen-bond donors (Lipinski definition) is 1. The van der Waals surface area contributed by atoms with Gasteiger partial charge in [0.1, 0.15) is 0 Å². The predicted octanol–water partition coefficient (Wildman–Crippen LogP) is 3.54. The molecule has 3 nitrogen and oxygen atoms in total. The van der Waals surface area contributed by atoms with E-state index >= 15 is 0 Å². The van der Waals surface area contributed by atoms with Crippen LogP contribution in [0.4, 0.5) is 0 Å². The van der Waals surface area contributed by atoms with Crippen LogP contribution < -0.4 is 5.32 Å². The number of hydrogen-bond acceptors (Lipinski definition) is 2. The molecule has 0 aliphatic rings. The molecule has 2 rings (SSSR count). The smallest absolute Gasteiger partial charge is 0.251 e. The van der Waals surface area contributed by atoms with Gasteiger partial charge in [0.15, 0.2) is 0 Å². The lowest BCUT2D eigenvalue weighted by molar-refractivity contribution is 0.0905. The van der Waals surface area contributed by atoms with Gasteiger partial charge >= 0.3 is 0 Å². The third-order valence-electron chi connectivity index (χ3n) is 3.03. The first-order valence-electron chi connectivity index (χ1n) is 6.66. The second-order valence-electron chi connectivity index (χ2n) is 4.78. The molecule has 1 N–H and O–H groups in total. The first kappa shape index (κ1) is 17.2. The highest BCUT2D eigenvalue weighted by Crippen LogP contribution is 2.19. The third kappa shape index (κ3) is 4.88. The maximum Gasteiger partial charge on any atom is 0.251 e. The molecule has 1 amide bonds. The molecule has 4 heteroatoms. The maximum atomic E-state index is 12.1. The summed E-state index contributed by atoms with van der Waals surface area (Å²) in [6, 6.07) is 17.6. The van der Waals surface area contributed by atoms with Crippen molar-refractivity contribution < 1.29 is 9.53 Å². The highest BCUT2D eigenvalue weighted by molar-refractivity contribution is 5.95. The highest BCUT2D eigenvalue weighted by Gasteiger charge is 2.10. The van der Waals surface area contributed by atoms with Gasteiger partial charge in [-0.15, -0.1) is 12.4 Å². The third-order valence-corrected chi connectivity index (χ3v) is 3.03. The number of methoxy groups -OCH3 is 1. The van der Waals surface area contributed by atoms with E-state index in [9.17, 15) is 4.79 Å². The molecule has 112 valence electrons. The molecule has 21 heavy (non-hydrogen) atoms. The van der Waals surface area contributed by atoms with E-state index in [-0.39, 0.29) is 24.4 Å². The van der Waals surface area contributed by atoms with Gasteiger partial charge in [0.2, 0.25) is 0 Å². The number of ether oxygens (including phenoxy) is 1. The molecular formula is C17H20ClNO2. The minimum Gasteiger partial charge on any atom is -0.383 e. The van der Waals surface area contributed by atoms with Gasteiger partial charge in [0.25, 0.3) is 5.91 Å². The van der Waals surface area contributed by atoms with Crippen LogP contribution in [0.5, 0.6) is 0 Å². The molecule has 0 saturated heterocycles. The summed E-state index contributed by atoms with van der Waals surface area (Å²) in [5.41, 5.74) is 2.80. The van der Waals surface area contributed by atoms with E-state index < -0.39 is 0 Å². The molecule has 0 aromatic heterocycles. The second kappa shape index (κ2) is 8.45. The van der Waals surface area contributed by atoms with E-state index in [0.717, 1.165) is 11.1 Å². The summed E-state index contributed by atoms with van der Waals surface area (Å²) in [4.78, 5) is 12.1. The maximum absolute atomic E-state index is 12.1. The zero-order valence-electron chi connectivity index (χ0n) is 12.2. The van der Waals surface area contributed by atoms with Gasteiger partial charge in [-0.3, -0.25) is 4.79 Å². The minimum absolute atomic E-state index is 0. The van der Waals surface area contributed by atoms with E-state index in [1.54, 1.807) is 7.11 Å². The summed E-state index contributed by atoms with van der Waals surface area (Å²) in [7, 11) is 1.62. The van der Waals surface area contributed by atoms with Gasteiger partial charge in [-0.25, -0.2) is 0 Å². The van der Waals surface area contributed by atoms with E-state index in [1.807, 2.05) is 61.5 Å². The Kier molecular flexibility index (Phi) is 6.92.